The average molecular weight is 253 g/mol. The molecule has 0 unspecified atom stereocenters. The second-order valence-electron chi connectivity index (χ2n) is 4.38. The minimum Gasteiger partial charge on any atom is -0.312 e. The quantitative estimate of drug-likeness (QED) is 0.372. The lowest BCUT2D eigenvalue weighted by Gasteiger charge is -2.06. The van der Waals surface area contributed by atoms with Crippen molar-refractivity contribution in [2.24, 2.45) is 10.8 Å². The van der Waals surface area contributed by atoms with Crippen molar-refractivity contribution in [2.75, 3.05) is 0 Å². The Bertz CT molecular complexity index is 506. The molecule has 0 aromatic heterocycles. The summed E-state index contributed by atoms with van der Waals surface area (Å²) in [6.45, 7) is 0. The van der Waals surface area contributed by atoms with Gasteiger partial charge in [0, 0.05) is 6.42 Å². The van der Waals surface area contributed by atoms with Crippen LogP contribution in [0.1, 0.15) is 18.4 Å². The molecule has 0 radical (unpaired) electrons. The highest BCUT2D eigenvalue weighted by Gasteiger charge is 1.99. The molecule has 2 aromatic rings. The predicted molar refractivity (Wildman–Crippen MR) is 80.2 cm³/mol. The molecule has 3 N–H and O–H groups in total. The fourth-order valence-corrected chi connectivity index (χ4v) is 1.92. The molecule has 0 saturated heterocycles. The number of nitrogens with two attached hydrogens (primary N) is 1. The van der Waals surface area contributed by atoms with E-state index in [2.05, 4.69) is 34.7 Å². The molecule has 0 bridgehead atoms. The molecule has 0 atom stereocenters. The number of nitrogens with one attached hydrogen (secondary N) is 1. The molecule has 0 saturated carbocycles. The van der Waals surface area contributed by atoms with Gasteiger partial charge < -0.3 is 5.43 Å². The van der Waals surface area contributed by atoms with E-state index in [1.165, 1.54) is 5.56 Å². The molecule has 2 aromatic carbocycles. The van der Waals surface area contributed by atoms with E-state index in [9.17, 15) is 0 Å². The largest absolute Gasteiger partial charge is 0.312 e. The van der Waals surface area contributed by atoms with Gasteiger partial charge in [0.15, 0.2) is 0 Å². The third-order valence-electron chi connectivity index (χ3n) is 2.91. The molecular weight excluding hydrogens is 234 g/mol. The maximum Gasteiger partial charge on any atom is 0.116 e. The van der Waals surface area contributed by atoms with Crippen LogP contribution >= 0.6 is 0 Å². The van der Waals surface area contributed by atoms with Crippen molar-refractivity contribution in [1.82, 2.24) is 5.43 Å². The minimum atomic E-state index is 0.821. The van der Waals surface area contributed by atoms with Crippen LogP contribution in [0.15, 0.2) is 65.7 Å². The Hall–Kier alpha value is -2.13. The summed E-state index contributed by atoms with van der Waals surface area (Å²) in [7, 11) is 0. The molecule has 3 nitrogen and oxygen atoms in total. The van der Waals surface area contributed by atoms with E-state index < -0.39 is 0 Å². The zero-order valence-electron chi connectivity index (χ0n) is 10.9. The van der Waals surface area contributed by atoms with Gasteiger partial charge in [0.1, 0.15) is 5.84 Å². The van der Waals surface area contributed by atoms with Gasteiger partial charge in [0.05, 0.1) is 5.69 Å². The summed E-state index contributed by atoms with van der Waals surface area (Å²) in [5.41, 5.74) is 4.96. The van der Waals surface area contributed by atoms with Crippen molar-refractivity contribution in [3.8, 4) is 0 Å². The number of nitrogens with zero attached hydrogens (tertiary/aromatic N) is 1. The molecule has 0 amide bonds. The maximum absolute atomic E-state index is 5.52. The molecule has 19 heavy (non-hydrogen) atoms. The number of aliphatic imine (C=N–C) groups is 1. The van der Waals surface area contributed by atoms with Crippen molar-refractivity contribution >= 4 is 11.5 Å². The van der Waals surface area contributed by atoms with Gasteiger partial charge in [-0.1, -0.05) is 48.5 Å². The van der Waals surface area contributed by atoms with Crippen LogP contribution < -0.4 is 11.3 Å². The molecule has 0 aliphatic carbocycles. The summed E-state index contributed by atoms with van der Waals surface area (Å²) in [5, 5.41) is 0. The lowest BCUT2D eigenvalue weighted by molar-refractivity contribution is 0.832. The number of hydrogen-bond donors (Lipinski definition) is 2. The van der Waals surface area contributed by atoms with Crippen molar-refractivity contribution < 1.29 is 0 Å². The van der Waals surface area contributed by atoms with Crippen molar-refractivity contribution in [3.63, 3.8) is 0 Å². The molecular formula is C16H19N3. The van der Waals surface area contributed by atoms with E-state index in [4.69, 9.17) is 5.84 Å². The number of hydrazine groups is 1. The van der Waals surface area contributed by atoms with Crippen LogP contribution in [0.3, 0.4) is 0 Å². The van der Waals surface area contributed by atoms with E-state index in [1.807, 2.05) is 36.4 Å². The van der Waals surface area contributed by atoms with Gasteiger partial charge in [-0.2, -0.15) is 0 Å². The summed E-state index contributed by atoms with van der Waals surface area (Å²) >= 11 is 0. The summed E-state index contributed by atoms with van der Waals surface area (Å²) in [5.74, 6) is 6.34. The third-order valence-corrected chi connectivity index (χ3v) is 2.91. The van der Waals surface area contributed by atoms with E-state index in [0.29, 0.717) is 0 Å². The normalized spacial score (nSPS) is 11.3. The van der Waals surface area contributed by atoms with Gasteiger partial charge in [0.2, 0.25) is 0 Å². The minimum absolute atomic E-state index is 0.821. The molecule has 98 valence electrons. The summed E-state index contributed by atoms with van der Waals surface area (Å²) in [6.07, 6.45) is 2.91. The Morgan fingerprint density at radius 2 is 1.58 bits per heavy atom. The van der Waals surface area contributed by atoms with Gasteiger partial charge in [0.25, 0.3) is 0 Å². The highest BCUT2D eigenvalue weighted by atomic mass is 15.2. The highest BCUT2D eigenvalue weighted by molar-refractivity contribution is 5.84. The second-order valence-corrected chi connectivity index (χ2v) is 4.38. The molecule has 0 spiro atoms. The molecule has 0 aliphatic heterocycles. The first-order valence-electron chi connectivity index (χ1n) is 6.51. The first-order valence-corrected chi connectivity index (χ1v) is 6.51. The molecule has 0 fully saturated rings. The first-order chi connectivity index (χ1) is 9.38. The molecule has 2 rings (SSSR count). The van der Waals surface area contributed by atoms with E-state index in [1.54, 1.807) is 0 Å². The Kier molecular flexibility index (Phi) is 5.14. The first kappa shape index (κ1) is 13.3. The SMILES string of the molecule is NNC(CCCc1ccccc1)=Nc1ccccc1. The van der Waals surface area contributed by atoms with Gasteiger partial charge in [-0.05, 0) is 30.5 Å². The molecule has 0 heterocycles. The zero-order valence-corrected chi connectivity index (χ0v) is 10.9. The van der Waals surface area contributed by atoms with Crippen molar-refractivity contribution in [2.45, 2.75) is 19.3 Å². The van der Waals surface area contributed by atoms with Crippen LogP contribution in [0.5, 0.6) is 0 Å². The van der Waals surface area contributed by atoms with Crippen LogP contribution in [0.2, 0.25) is 0 Å². The molecule has 0 aliphatic rings. The topological polar surface area (TPSA) is 50.4 Å². The fraction of sp³-hybridized carbons (Fsp3) is 0.188. The van der Waals surface area contributed by atoms with Crippen LogP contribution in [0, 0.1) is 0 Å². The standard InChI is InChI=1S/C16H19N3/c17-19-16(18-15-11-5-2-6-12-15)13-7-10-14-8-3-1-4-9-14/h1-6,8-9,11-12H,7,10,13,17H2,(H,18,19). The number of rotatable bonds is 5. The van der Waals surface area contributed by atoms with Crippen LogP contribution in [0.25, 0.3) is 0 Å². The monoisotopic (exact) mass is 253 g/mol. The van der Waals surface area contributed by atoms with Gasteiger partial charge >= 0.3 is 0 Å². The van der Waals surface area contributed by atoms with Crippen LogP contribution in [0.4, 0.5) is 5.69 Å². The van der Waals surface area contributed by atoms with Gasteiger partial charge in [-0.15, -0.1) is 0 Å². The Labute approximate surface area is 114 Å². The average Bonchev–Trinajstić information content (AvgIpc) is 2.48. The Balaban J connectivity index is 1.88. The zero-order chi connectivity index (χ0) is 13.3. The molecule has 3 heteroatoms. The maximum atomic E-state index is 5.52. The smallest absolute Gasteiger partial charge is 0.116 e. The summed E-state index contributed by atoms with van der Waals surface area (Å²) in [4.78, 5) is 4.49. The number of aryl methyl sites for hydroxylation is 1. The van der Waals surface area contributed by atoms with E-state index >= 15 is 0 Å². The Morgan fingerprint density at radius 1 is 0.947 bits per heavy atom. The lowest BCUT2D eigenvalue weighted by Crippen LogP contribution is -2.30. The number of para-hydroxylation sites is 1. The van der Waals surface area contributed by atoms with Crippen LogP contribution in [-0.2, 0) is 6.42 Å². The number of amidine groups is 1. The summed E-state index contributed by atoms with van der Waals surface area (Å²) < 4.78 is 0. The lowest BCUT2D eigenvalue weighted by atomic mass is 10.1. The number of benzene rings is 2. The Morgan fingerprint density at radius 3 is 2.21 bits per heavy atom. The fourth-order valence-electron chi connectivity index (χ4n) is 1.92. The third kappa shape index (κ3) is 4.56. The van der Waals surface area contributed by atoms with Crippen molar-refractivity contribution in [1.29, 1.82) is 0 Å². The predicted octanol–water partition coefficient (Wildman–Crippen LogP) is 3.20. The van der Waals surface area contributed by atoms with Crippen LogP contribution in [-0.4, -0.2) is 5.84 Å². The second kappa shape index (κ2) is 7.34. The van der Waals surface area contributed by atoms with E-state index in [-0.39, 0.29) is 0 Å². The highest BCUT2D eigenvalue weighted by Crippen LogP contribution is 2.11. The van der Waals surface area contributed by atoms with E-state index in [0.717, 1.165) is 30.8 Å². The van der Waals surface area contributed by atoms with Gasteiger partial charge in [-0.3, -0.25) is 0 Å². The van der Waals surface area contributed by atoms with Gasteiger partial charge in [-0.25, -0.2) is 10.8 Å². The summed E-state index contributed by atoms with van der Waals surface area (Å²) in [6, 6.07) is 20.3. The number of hydrogen-bond acceptors (Lipinski definition) is 2. The van der Waals surface area contributed by atoms with Crippen molar-refractivity contribution in [3.05, 3.63) is 66.2 Å².